The van der Waals surface area contributed by atoms with Gasteiger partial charge in [0.05, 0.1) is 21.7 Å². The topological polar surface area (TPSA) is 70.6 Å². The Morgan fingerprint density at radius 2 is 1.74 bits per heavy atom. The van der Waals surface area contributed by atoms with Gasteiger partial charge in [-0.2, -0.15) is 4.31 Å². The predicted octanol–water partition coefficient (Wildman–Crippen LogP) is 5.23. The quantitative estimate of drug-likeness (QED) is 0.355. The van der Waals surface area contributed by atoms with Crippen LogP contribution >= 0.6 is 11.3 Å². The molecule has 0 aliphatic heterocycles. The van der Waals surface area contributed by atoms with E-state index in [0.29, 0.717) is 17.2 Å². The molecule has 1 aliphatic rings. The fraction of sp³-hybridized carbons (Fsp3) is 0.231. The smallest absolute Gasteiger partial charge is 0.260 e. The number of benzene rings is 3. The van der Waals surface area contributed by atoms with E-state index in [1.807, 2.05) is 49.4 Å². The van der Waals surface area contributed by atoms with Gasteiger partial charge in [-0.3, -0.25) is 9.69 Å². The number of hydrogen-bond donors (Lipinski definition) is 0. The molecule has 1 heterocycles. The zero-order chi connectivity index (χ0) is 23.9. The Hall–Kier alpha value is -3.07. The fourth-order valence-electron chi connectivity index (χ4n) is 3.85. The van der Waals surface area contributed by atoms with Crippen molar-refractivity contribution in [3.63, 3.8) is 0 Å². The van der Waals surface area contributed by atoms with Crippen LogP contribution < -0.4 is 4.90 Å². The summed E-state index contributed by atoms with van der Waals surface area (Å²) in [6.07, 6.45) is 1.78. The fourth-order valence-corrected chi connectivity index (χ4v) is 6.33. The lowest BCUT2D eigenvalue weighted by atomic mass is 10.1. The van der Waals surface area contributed by atoms with E-state index in [2.05, 4.69) is 6.07 Å². The Morgan fingerprint density at radius 3 is 2.41 bits per heavy atom. The van der Waals surface area contributed by atoms with Crippen molar-refractivity contribution in [2.75, 3.05) is 11.9 Å². The Bertz CT molecular complexity index is 1440. The van der Waals surface area contributed by atoms with Gasteiger partial charge in [-0.25, -0.2) is 13.4 Å². The number of anilines is 1. The molecule has 0 radical (unpaired) electrons. The van der Waals surface area contributed by atoms with Gasteiger partial charge in [0, 0.05) is 18.7 Å². The van der Waals surface area contributed by atoms with Crippen LogP contribution in [0.1, 0.15) is 34.3 Å². The number of amides is 1. The number of sulfonamides is 1. The van der Waals surface area contributed by atoms with E-state index in [-0.39, 0.29) is 16.8 Å². The molecule has 0 saturated heterocycles. The highest BCUT2D eigenvalue weighted by molar-refractivity contribution is 7.89. The molecule has 3 aromatic carbocycles. The first-order valence-electron chi connectivity index (χ1n) is 11.1. The van der Waals surface area contributed by atoms with E-state index >= 15 is 0 Å². The molecular weight excluding hydrogens is 466 g/mol. The Morgan fingerprint density at radius 1 is 1.03 bits per heavy atom. The molecule has 1 amide bonds. The summed E-state index contributed by atoms with van der Waals surface area (Å²) in [7, 11) is -1.95. The van der Waals surface area contributed by atoms with Crippen LogP contribution in [0.15, 0.2) is 77.7 Å². The van der Waals surface area contributed by atoms with Crippen LogP contribution in [0.3, 0.4) is 0 Å². The van der Waals surface area contributed by atoms with Crippen LogP contribution in [0.25, 0.3) is 10.2 Å². The van der Waals surface area contributed by atoms with Crippen LogP contribution in [0.4, 0.5) is 5.13 Å². The lowest BCUT2D eigenvalue weighted by Gasteiger charge is -2.21. The molecule has 1 aromatic heterocycles. The number of nitrogens with zero attached hydrogens (tertiary/aromatic N) is 3. The minimum Gasteiger partial charge on any atom is -0.279 e. The highest BCUT2D eigenvalue weighted by Gasteiger charge is 2.35. The number of thiazole rings is 1. The van der Waals surface area contributed by atoms with Crippen LogP contribution in [0.5, 0.6) is 0 Å². The van der Waals surface area contributed by atoms with Crippen molar-refractivity contribution < 1.29 is 13.2 Å². The SMILES string of the molecule is Cc1ccc2nc(N(Cc3ccccc3)C(=O)c3ccc(S(=O)(=O)N(C)C4CC4)cc3)sc2c1. The van der Waals surface area contributed by atoms with Gasteiger partial charge in [-0.05, 0) is 67.3 Å². The van der Waals surface area contributed by atoms with Crippen molar-refractivity contribution >= 4 is 42.6 Å². The first-order valence-corrected chi connectivity index (χ1v) is 13.4. The van der Waals surface area contributed by atoms with E-state index in [4.69, 9.17) is 4.98 Å². The van der Waals surface area contributed by atoms with Crippen LogP contribution in [0.2, 0.25) is 0 Å². The minimum atomic E-state index is -3.56. The normalized spacial score (nSPS) is 14.0. The lowest BCUT2D eigenvalue weighted by molar-refractivity contribution is 0.0985. The summed E-state index contributed by atoms with van der Waals surface area (Å²) in [5, 5.41) is 0.611. The van der Waals surface area contributed by atoms with Gasteiger partial charge in [0.2, 0.25) is 10.0 Å². The van der Waals surface area contributed by atoms with E-state index < -0.39 is 10.0 Å². The molecule has 6 nitrogen and oxygen atoms in total. The van der Waals surface area contributed by atoms with Gasteiger partial charge < -0.3 is 0 Å². The van der Waals surface area contributed by atoms with E-state index in [0.717, 1.165) is 34.2 Å². The third-order valence-electron chi connectivity index (χ3n) is 6.03. The predicted molar refractivity (Wildman–Crippen MR) is 136 cm³/mol. The third kappa shape index (κ3) is 4.49. The second-order valence-corrected chi connectivity index (χ2v) is 11.6. The number of aromatic nitrogens is 1. The van der Waals surface area contributed by atoms with Crippen molar-refractivity contribution in [2.45, 2.75) is 37.2 Å². The molecular formula is C26H25N3O3S2. The third-order valence-corrected chi connectivity index (χ3v) is 9.00. The highest BCUT2D eigenvalue weighted by Crippen LogP contribution is 2.33. The summed E-state index contributed by atoms with van der Waals surface area (Å²) >= 11 is 1.47. The molecule has 1 saturated carbocycles. The Labute approximate surface area is 203 Å². The first kappa shape index (κ1) is 22.7. The molecule has 0 bridgehead atoms. The molecule has 34 heavy (non-hydrogen) atoms. The lowest BCUT2D eigenvalue weighted by Crippen LogP contribution is -2.31. The molecule has 0 N–H and O–H groups in total. The average Bonchev–Trinajstić information content (AvgIpc) is 3.61. The van der Waals surface area contributed by atoms with Crippen molar-refractivity contribution in [1.29, 1.82) is 0 Å². The maximum Gasteiger partial charge on any atom is 0.260 e. The largest absolute Gasteiger partial charge is 0.279 e. The Kier molecular flexibility index (Phi) is 5.97. The number of fused-ring (bicyclic) bond motifs is 1. The van der Waals surface area contributed by atoms with Gasteiger partial charge in [0.1, 0.15) is 0 Å². The zero-order valence-electron chi connectivity index (χ0n) is 19.0. The minimum absolute atomic E-state index is 0.0790. The monoisotopic (exact) mass is 491 g/mol. The van der Waals surface area contributed by atoms with Crippen LogP contribution in [-0.2, 0) is 16.6 Å². The van der Waals surface area contributed by atoms with Gasteiger partial charge in [0.25, 0.3) is 5.91 Å². The van der Waals surface area contributed by atoms with Crippen molar-refractivity contribution in [1.82, 2.24) is 9.29 Å². The number of hydrogen-bond acceptors (Lipinski definition) is 5. The summed E-state index contributed by atoms with van der Waals surface area (Å²) in [6, 6.07) is 22.1. The number of rotatable bonds is 7. The second kappa shape index (κ2) is 8.94. The molecule has 4 aromatic rings. The van der Waals surface area contributed by atoms with E-state index in [9.17, 15) is 13.2 Å². The standard InChI is InChI=1S/C26H25N3O3S2/c1-18-8-15-23-24(16-18)33-26(27-23)29(17-19-6-4-3-5-7-19)25(30)20-9-13-22(14-10-20)34(31,32)28(2)21-11-12-21/h3-10,13-16,21H,11-12,17H2,1-2H3. The van der Waals surface area contributed by atoms with Crippen LogP contribution in [-0.4, -0.2) is 36.7 Å². The van der Waals surface area contributed by atoms with Gasteiger partial charge in [-0.1, -0.05) is 47.7 Å². The first-order chi connectivity index (χ1) is 16.3. The maximum atomic E-state index is 13.6. The van der Waals surface area contributed by atoms with Gasteiger partial charge in [-0.15, -0.1) is 0 Å². The molecule has 1 aliphatic carbocycles. The molecule has 5 rings (SSSR count). The zero-order valence-corrected chi connectivity index (χ0v) is 20.6. The van der Waals surface area contributed by atoms with Gasteiger partial charge in [0.15, 0.2) is 5.13 Å². The highest BCUT2D eigenvalue weighted by atomic mass is 32.2. The average molecular weight is 492 g/mol. The number of carbonyl (C=O) groups is 1. The molecule has 174 valence electrons. The maximum absolute atomic E-state index is 13.6. The van der Waals surface area contributed by atoms with Gasteiger partial charge >= 0.3 is 0 Å². The molecule has 0 unspecified atom stereocenters. The summed E-state index contributed by atoms with van der Waals surface area (Å²) < 4.78 is 28.1. The summed E-state index contributed by atoms with van der Waals surface area (Å²) in [4.78, 5) is 20.2. The summed E-state index contributed by atoms with van der Waals surface area (Å²) in [6.45, 7) is 2.39. The van der Waals surface area contributed by atoms with Crippen molar-refractivity contribution in [3.8, 4) is 0 Å². The number of carbonyl (C=O) groups excluding carboxylic acids is 1. The second-order valence-electron chi connectivity index (χ2n) is 8.62. The van der Waals surface area contributed by atoms with Crippen LogP contribution in [0, 0.1) is 6.92 Å². The number of aryl methyl sites for hydroxylation is 1. The van der Waals surface area contributed by atoms with Crippen molar-refractivity contribution in [2.24, 2.45) is 0 Å². The van der Waals surface area contributed by atoms with E-state index in [1.165, 1.54) is 27.8 Å². The summed E-state index contributed by atoms with van der Waals surface area (Å²) in [5.41, 5.74) is 3.38. The molecule has 8 heteroatoms. The van der Waals surface area contributed by atoms with Crippen molar-refractivity contribution in [3.05, 3.63) is 89.5 Å². The molecule has 0 spiro atoms. The Balaban J connectivity index is 1.48. The molecule has 1 fully saturated rings. The van der Waals surface area contributed by atoms with E-state index in [1.54, 1.807) is 24.1 Å². The summed E-state index contributed by atoms with van der Waals surface area (Å²) in [5.74, 6) is -0.223. The molecule has 0 atom stereocenters.